The van der Waals surface area contributed by atoms with Crippen LogP contribution >= 0.6 is 0 Å². The van der Waals surface area contributed by atoms with E-state index in [1.165, 1.54) is 31.4 Å². The van der Waals surface area contributed by atoms with Crippen molar-refractivity contribution in [1.82, 2.24) is 4.98 Å². The maximum Gasteiger partial charge on any atom is 0.573 e. The van der Waals surface area contributed by atoms with Crippen molar-refractivity contribution in [1.29, 1.82) is 0 Å². The predicted molar refractivity (Wildman–Crippen MR) is 68.8 cm³/mol. The van der Waals surface area contributed by atoms with E-state index in [0.29, 0.717) is 22.7 Å². The minimum atomic E-state index is -4.73. The summed E-state index contributed by atoms with van der Waals surface area (Å²) < 4.78 is 45.3. The number of hydrogen-bond acceptors (Lipinski definition) is 4. The second-order valence-electron chi connectivity index (χ2n) is 4.08. The quantitative estimate of drug-likeness (QED) is 0.942. The summed E-state index contributed by atoms with van der Waals surface area (Å²) in [4.78, 5) is 4.20. The van der Waals surface area contributed by atoms with E-state index < -0.39 is 6.36 Å². The molecule has 1 N–H and O–H groups in total. The number of rotatable bonds is 4. The zero-order chi connectivity index (χ0) is 15.5. The van der Waals surface area contributed by atoms with Crippen molar-refractivity contribution in [2.75, 3.05) is 7.11 Å². The fourth-order valence-electron chi connectivity index (χ4n) is 1.76. The Balaban J connectivity index is 2.34. The molecule has 0 aliphatic heterocycles. The molecule has 1 aromatic heterocycles. The molecule has 0 radical (unpaired) electrons. The Labute approximate surface area is 118 Å². The van der Waals surface area contributed by atoms with Crippen LogP contribution in [0.5, 0.6) is 11.5 Å². The van der Waals surface area contributed by atoms with Crippen molar-refractivity contribution in [2.45, 2.75) is 13.0 Å². The standard InChI is InChI=1S/C14H12F3NO3/c1-20-12-7-4-10(8-19)18-13(12)9-2-5-11(6-3-9)21-14(15,16)17/h2-7,19H,8H2,1H3. The predicted octanol–water partition coefficient (Wildman–Crippen LogP) is 3.15. The lowest BCUT2D eigenvalue weighted by Crippen LogP contribution is -2.16. The first kappa shape index (κ1) is 15.1. The number of alkyl halides is 3. The Kier molecular flexibility index (Phi) is 4.32. The SMILES string of the molecule is COc1ccc(CO)nc1-c1ccc(OC(F)(F)F)cc1. The van der Waals surface area contributed by atoms with Gasteiger partial charge in [0.1, 0.15) is 17.2 Å². The number of aliphatic hydroxyl groups excluding tert-OH is 1. The summed E-state index contributed by atoms with van der Waals surface area (Å²) in [5.74, 6) is 0.139. The van der Waals surface area contributed by atoms with Gasteiger partial charge < -0.3 is 14.6 Å². The van der Waals surface area contributed by atoms with Gasteiger partial charge >= 0.3 is 6.36 Å². The normalized spacial score (nSPS) is 11.3. The molecule has 0 atom stereocenters. The summed E-state index contributed by atoms with van der Waals surface area (Å²) in [6, 6.07) is 8.49. The van der Waals surface area contributed by atoms with Gasteiger partial charge in [-0.3, -0.25) is 0 Å². The lowest BCUT2D eigenvalue weighted by atomic mass is 10.1. The fraction of sp³-hybridized carbons (Fsp3) is 0.214. The molecule has 0 saturated heterocycles. The number of methoxy groups -OCH3 is 1. The van der Waals surface area contributed by atoms with Crippen LogP contribution in [0.4, 0.5) is 13.2 Å². The first-order valence-electron chi connectivity index (χ1n) is 5.94. The largest absolute Gasteiger partial charge is 0.573 e. The molecule has 0 fully saturated rings. The van der Waals surface area contributed by atoms with Gasteiger partial charge in [-0.05, 0) is 36.4 Å². The van der Waals surface area contributed by atoms with E-state index >= 15 is 0 Å². The number of benzene rings is 1. The lowest BCUT2D eigenvalue weighted by molar-refractivity contribution is -0.274. The van der Waals surface area contributed by atoms with Crippen LogP contribution in [0, 0.1) is 0 Å². The third-order valence-electron chi connectivity index (χ3n) is 2.66. The smallest absolute Gasteiger partial charge is 0.494 e. The van der Waals surface area contributed by atoms with Gasteiger partial charge in [0, 0.05) is 5.56 Å². The van der Waals surface area contributed by atoms with E-state index in [1.54, 1.807) is 12.1 Å². The van der Waals surface area contributed by atoms with E-state index in [0.717, 1.165) is 0 Å². The van der Waals surface area contributed by atoms with Gasteiger partial charge in [-0.15, -0.1) is 13.2 Å². The van der Waals surface area contributed by atoms with E-state index in [-0.39, 0.29) is 12.4 Å². The summed E-state index contributed by atoms with van der Waals surface area (Å²) in [6.45, 7) is -0.244. The van der Waals surface area contributed by atoms with Crippen molar-refractivity contribution in [3.05, 3.63) is 42.1 Å². The second-order valence-corrected chi connectivity index (χ2v) is 4.08. The molecule has 0 spiro atoms. The Morgan fingerprint density at radius 1 is 1.10 bits per heavy atom. The molecule has 1 heterocycles. The molecule has 0 saturated carbocycles. The Bertz CT molecular complexity index is 612. The molecule has 0 aliphatic rings. The van der Waals surface area contributed by atoms with Gasteiger partial charge in [0.2, 0.25) is 0 Å². The monoisotopic (exact) mass is 299 g/mol. The first-order chi connectivity index (χ1) is 9.93. The van der Waals surface area contributed by atoms with E-state index in [2.05, 4.69) is 9.72 Å². The summed E-state index contributed by atoms with van der Waals surface area (Å²) >= 11 is 0. The molecule has 21 heavy (non-hydrogen) atoms. The first-order valence-corrected chi connectivity index (χ1v) is 5.94. The van der Waals surface area contributed by atoms with Crippen molar-refractivity contribution in [3.8, 4) is 22.8 Å². The number of nitrogens with zero attached hydrogens (tertiary/aromatic N) is 1. The maximum absolute atomic E-state index is 12.1. The fourth-order valence-corrected chi connectivity index (χ4v) is 1.76. The molecule has 0 aliphatic carbocycles. The molecule has 2 aromatic rings. The van der Waals surface area contributed by atoms with Crippen LogP contribution in [0.1, 0.15) is 5.69 Å². The molecular weight excluding hydrogens is 287 g/mol. The zero-order valence-electron chi connectivity index (χ0n) is 11.0. The highest BCUT2D eigenvalue weighted by atomic mass is 19.4. The highest BCUT2D eigenvalue weighted by Gasteiger charge is 2.31. The number of aliphatic hydroxyl groups is 1. The molecule has 112 valence electrons. The minimum absolute atomic E-state index is 0.244. The van der Waals surface area contributed by atoms with Crippen molar-refractivity contribution >= 4 is 0 Å². The van der Waals surface area contributed by atoms with Crippen LogP contribution in [-0.2, 0) is 6.61 Å². The highest BCUT2D eigenvalue weighted by molar-refractivity contribution is 5.67. The topological polar surface area (TPSA) is 51.6 Å². The molecule has 1 aromatic carbocycles. The molecule has 0 unspecified atom stereocenters. The van der Waals surface area contributed by atoms with E-state index in [9.17, 15) is 13.2 Å². The molecule has 0 bridgehead atoms. The molecule has 7 heteroatoms. The van der Waals surface area contributed by atoms with Gasteiger partial charge in [0.15, 0.2) is 0 Å². The zero-order valence-corrected chi connectivity index (χ0v) is 11.0. The minimum Gasteiger partial charge on any atom is -0.494 e. The molecule has 4 nitrogen and oxygen atoms in total. The summed E-state index contributed by atoms with van der Waals surface area (Å²) in [5.41, 5.74) is 1.42. The molecule has 2 rings (SSSR count). The van der Waals surface area contributed by atoms with Crippen LogP contribution in [-0.4, -0.2) is 23.6 Å². The third-order valence-corrected chi connectivity index (χ3v) is 2.66. The van der Waals surface area contributed by atoms with Gasteiger partial charge in [0.25, 0.3) is 0 Å². The summed E-state index contributed by atoms with van der Waals surface area (Å²) in [6.07, 6.45) is -4.73. The summed E-state index contributed by atoms with van der Waals surface area (Å²) in [7, 11) is 1.46. The van der Waals surface area contributed by atoms with Crippen LogP contribution in [0.3, 0.4) is 0 Å². The average molecular weight is 299 g/mol. The number of halogens is 3. The Morgan fingerprint density at radius 3 is 2.29 bits per heavy atom. The van der Waals surface area contributed by atoms with Crippen molar-refractivity contribution in [2.24, 2.45) is 0 Å². The van der Waals surface area contributed by atoms with E-state index in [1.807, 2.05) is 0 Å². The lowest BCUT2D eigenvalue weighted by Gasteiger charge is -2.11. The van der Waals surface area contributed by atoms with Gasteiger partial charge in [0.05, 0.1) is 19.4 Å². The van der Waals surface area contributed by atoms with Gasteiger partial charge in [-0.1, -0.05) is 0 Å². The third kappa shape index (κ3) is 3.85. The maximum atomic E-state index is 12.1. The van der Waals surface area contributed by atoms with Crippen LogP contribution < -0.4 is 9.47 Å². The van der Waals surface area contributed by atoms with Crippen LogP contribution in [0.25, 0.3) is 11.3 Å². The Hall–Kier alpha value is -2.28. The van der Waals surface area contributed by atoms with Crippen molar-refractivity contribution in [3.63, 3.8) is 0 Å². The second kappa shape index (κ2) is 6.01. The van der Waals surface area contributed by atoms with Gasteiger partial charge in [-0.25, -0.2) is 4.98 Å². The number of ether oxygens (including phenoxy) is 2. The average Bonchev–Trinajstić information content (AvgIpc) is 2.45. The van der Waals surface area contributed by atoms with Gasteiger partial charge in [-0.2, -0.15) is 0 Å². The van der Waals surface area contributed by atoms with Crippen LogP contribution in [0.15, 0.2) is 36.4 Å². The van der Waals surface area contributed by atoms with Crippen molar-refractivity contribution < 1.29 is 27.8 Å². The number of hydrogen-bond donors (Lipinski definition) is 1. The number of pyridine rings is 1. The van der Waals surface area contributed by atoms with Crippen LogP contribution in [0.2, 0.25) is 0 Å². The molecule has 0 amide bonds. The molecular formula is C14H12F3NO3. The highest BCUT2D eigenvalue weighted by Crippen LogP contribution is 2.30. The summed E-state index contributed by atoms with van der Waals surface area (Å²) in [5, 5.41) is 9.10. The number of aromatic nitrogens is 1. The Morgan fingerprint density at radius 2 is 1.76 bits per heavy atom. The van der Waals surface area contributed by atoms with E-state index in [4.69, 9.17) is 9.84 Å².